The molecule has 178 valence electrons. The molecule has 32 heavy (non-hydrogen) atoms. The summed E-state index contributed by atoms with van der Waals surface area (Å²) in [6, 6.07) is 21.4. The molecule has 2 aromatic rings. The van der Waals surface area contributed by atoms with Crippen molar-refractivity contribution in [2.75, 3.05) is 6.61 Å². The quantitative estimate of drug-likeness (QED) is 0.173. The van der Waals surface area contributed by atoms with Gasteiger partial charge in [-0.15, -0.1) is 0 Å². The zero-order chi connectivity index (χ0) is 22.9. The van der Waals surface area contributed by atoms with Gasteiger partial charge in [0.2, 0.25) is 0 Å². The summed E-state index contributed by atoms with van der Waals surface area (Å²) in [5.74, 6) is 0. The molecule has 0 spiro atoms. The number of rotatable bonds is 18. The largest absolute Gasteiger partial charge is 0.407 e. The van der Waals surface area contributed by atoms with Crippen LogP contribution in [-0.2, 0) is 8.85 Å². The van der Waals surface area contributed by atoms with Gasteiger partial charge in [0.1, 0.15) is 0 Å². The fourth-order valence-electron chi connectivity index (χ4n) is 4.29. The van der Waals surface area contributed by atoms with E-state index in [1.54, 1.807) is 0 Å². The van der Waals surface area contributed by atoms with Gasteiger partial charge in [0.15, 0.2) is 0 Å². The molecular formula is C29H46O2Si. The zero-order valence-corrected chi connectivity index (χ0v) is 21.9. The third-order valence-electron chi connectivity index (χ3n) is 6.19. The van der Waals surface area contributed by atoms with Gasteiger partial charge in [-0.1, -0.05) is 139 Å². The highest BCUT2D eigenvalue weighted by Crippen LogP contribution is 2.18. The number of benzene rings is 2. The van der Waals surface area contributed by atoms with Crippen LogP contribution in [0.4, 0.5) is 0 Å². The minimum atomic E-state index is -2.76. The molecule has 0 aliphatic carbocycles. The summed E-state index contributed by atoms with van der Waals surface area (Å²) in [4.78, 5) is 0. The van der Waals surface area contributed by atoms with Gasteiger partial charge in [-0.2, -0.15) is 0 Å². The molecule has 3 heteroatoms. The van der Waals surface area contributed by atoms with Crippen LogP contribution in [0.25, 0.3) is 0 Å². The summed E-state index contributed by atoms with van der Waals surface area (Å²) < 4.78 is 13.8. The van der Waals surface area contributed by atoms with E-state index in [1.165, 1.54) is 74.6 Å². The summed E-state index contributed by atoms with van der Waals surface area (Å²) in [6.45, 7) is 7.53. The molecule has 0 radical (unpaired) electrons. The van der Waals surface area contributed by atoms with Crippen molar-refractivity contribution in [1.82, 2.24) is 0 Å². The number of hydrogen-bond donors (Lipinski definition) is 0. The van der Waals surface area contributed by atoms with Crippen molar-refractivity contribution in [2.45, 2.75) is 104 Å². The number of hydrogen-bond acceptors (Lipinski definition) is 2. The molecule has 2 aromatic carbocycles. The van der Waals surface area contributed by atoms with Gasteiger partial charge in [0.05, 0.1) is 0 Å². The molecule has 2 nitrogen and oxygen atoms in total. The molecule has 0 amide bonds. The van der Waals surface area contributed by atoms with Crippen LogP contribution in [-0.4, -0.2) is 21.3 Å². The van der Waals surface area contributed by atoms with Crippen molar-refractivity contribution < 1.29 is 8.85 Å². The Bertz CT molecular complexity index is 649. The summed E-state index contributed by atoms with van der Waals surface area (Å²) in [7, 11) is -2.76. The number of unbranched alkanes of at least 4 members (excludes halogenated alkanes) is 9. The second-order valence-corrected chi connectivity index (χ2v) is 12.0. The first-order valence-corrected chi connectivity index (χ1v) is 15.0. The molecule has 0 bridgehead atoms. The Balaban J connectivity index is 2.08. The first-order valence-electron chi connectivity index (χ1n) is 13.2. The predicted octanol–water partition coefficient (Wildman–Crippen LogP) is 7.39. The molecule has 1 atom stereocenters. The molecule has 0 heterocycles. The first-order chi connectivity index (χ1) is 15.7. The van der Waals surface area contributed by atoms with Gasteiger partial charge in [0.25, 0.3) is 0 Å². The monoisotopic (exact) mass is 454 g/mol. The van der Waals surface area contributed by atoms with Crippen LogP contribution < -0.4 is 10.4 Å². The van der Waals surface area contributed by atoms with Gasteiger partial charge < -0.3 is 8.85 Å². The average molecular weight is 455 g/mol. The van der Waals surface area contributed by atoms with E-state index in [9.17, 15) is 0 Å². The van der Waals surface area contributed by atoms with E-state index in [2.05, 4.69) is 81.4 Å². The Morgan fingerprint density at radius 3 is 1.62 bits per heavy atom. The van der Waals surface area contributed by atoms with Gasteiger partial charge in [0, 0.05) is 12.7 Å². The molecule has 0 aliphatic heterocycles. The molecule has 0 saturated heterocycles. The third-order valence-corrected chi connectivity index (χ3v) is 9.72. The van der Waals surface area contributed by atoms with Crippen molar-refractivity contribution in [2.24, 2.45) is 0 Å². The van der Waals surface area contributed by atoms with E-state index in [1.807, 2.05) is 0 Å². The summed E-state index contributed by atoms with van der Waals surface area (Å²) >= 11 is 0. The molecule has 0 N–H and O–H groups in total. The maximum Gasteiger partial charge on any atom is 0.407 e. The van der Waals surface area contributed by atoms with Crippen LogP contribution in [0.2, 0.25) is 0 Å². The SMILES string of the molecule is CCCCCCCCCCO[Si](OC(C)CCCCC)(c1ccccc1)c1ccccc1. The standard InChI is InChI=1S/C29H46O2Si/c1-4-6-8-9-10-11-12-20-26-30-32(28-22-16-13-17-23-28,29-24-18-14-19-25-29)31-27(3)21-15-7-5-2/h13-14,16-19,22-25,27H,4-12,15,20-21,26H2,1-3H3. The Hall–Kier alpha value is -1.42. The van der Waals surface area contributed by atoms with Crippen LogP contribution >= 0.6 is 0 Å². The lowest BCUT2D eigenvalue weighted by atomic mass is 10.1. The van der Waals surface area contributed by atoms with E-state index in [0.717, 1.165) is 19.4 Å². The Kier molecular flexibility index (Phi) is 13.6. The third kappa shape index (κ3) is 9.21. The first kappa shape index (κ1) is 26.8. The van der Waals surface area contributed by atoms with Crippen LogP contribution in [0, 0.1) is 0 Å². The van der Waals surface area contributed by atoms with Crippen molar-refractivity contribution >= 4 is 18.9 Å². The van der Waals surface area contributed by atoms with Gasteiger partial charge in [-0.3, -0.25) is 0 Å². The average Bonchev–Trinajstić information content (AvgIpc) is 2.83. The molecule has 0 fully saturated rings. The van der Waals surface area contributed by atoms with Crippen LogP contribution in [0.15, 0.2) is 60.7 Å². The minimum absolute atomic E-state index is 0.187. The molecule has 0 aromatic heterocycles. The molecule has 0 saturated carbocycles. The van der Waals surface area contributed by atoms with E-state index in [0.29, 0.717) is 0 Å². The van der Waals surface area contributed by atoms with Crippen LogP contribution in [0.3, 0.4) is 0 Å². The lowest BCUT2D eigenvalue weighted by molar-refractivity contribution is 0.132. The Morgan fingerprint density at radius 1 is 0.625 bits per heavy atom. The van der Waals surface area contributed by atoms with Crippen molar-refractivity contribution in [3.63, 3.8) is 0 Å². The lowest BCUT2D eigenvalue weighted by Gasteiger charge is -2.34. The second-order valence-electron chi connectivity index (χ2n) is 9.10. The highest BCUT2D eigenvalue weighted by atomic mass is 28.4. The smallest absolute Gasteiger partial charge is 0.388 e. The Labute approximate surface area is 199 Å². The molecule has 0 aliphatic rings. The molecule has 2 rings (SSSR count). The fraction of sp³-hybridized carbons (Fsp3) is 0.586. The van der Waals surface area contributed by atoms with E-state index in [4.69, 9.17) is 8.85 Å². The second kappa shape index (κ2) is 16.2. The van der Waals surface area contributed by atoms with E-state index in [-0.39, 0.29) is 6.10 Å². The zero-order valence-electron chi connectivity index (χ0n) is 20.9. The fourth-order valence-corrected chi connectivity index (χ4v) is 7.68. The minimum Gasteiger partial charge on any atom is -0.388 e. The highest BCUT2D eigenvalue weighted by Gasteiger charge is 2.43. The molecule has 1 unspecified atom stereocenters. The van der Waals surface area contributed by atoms with E-state index < -0.39 is 8.56 Å². The van der Waals surface area contributed by atoms with Crippen LogP contribution in [0.1, 0.15) is 97.8 Å². The predicted molar refractivity (Wildman–Crippen MR) is 141 cm³/mol. The van der Waals surface area contributed by atoms with Gasteiger partial charge in [-0.05, 0) is 30.1 Å². The topological polar surface area (TPSA) is 18.5 Å². The summed E-state index contributed by atoms with van der Waals surface area (Å²) in [6.07, 6.45) is 15.4. The lowest BCUT2D eigenvalue weighted by Crippen LogP contribution is -2.64. The normalized spacial score (nSPS) is 12.7. The van der Waals surface area contributed by atoms with Gasteiger partial charge >= 0.3 is 8.56 Å². The van der Waals surface area contributed by atoms with Gasteiger partial charge in [-0.25, -0.2) is 0 Å². The van der Waals surface area contributed by atoms with E-state index >= 15 is 0 Å². The van der Waals surface area contributed by atoms with Crippen molar-refractivity contribution in [3.05, 3.63) is 60.7 Å². The maximum atomic E-state index is 6.95. The highest BCUT2D eigenvalue weighted by molar-refractivity contribution is 6.92. The molecular weight excluding hydrogens is 408 g/mol. The Morgan fingerprint density at radius 2 is 1.09 bits per heavy atom. The van der Waals surface area contributed by atoms with Crippen molar-refractivity contribution in [3.8, 4) is 0 Å². The summed E-state index contributed by atoms with van der Waals surface area (Å²) in [5, 5.41) is 2.43. The van der Waals surface area contributed by atoms with Crippen LogP contribution in [0.5, 0.6) is 0 Å². The summed E-state index contributed by atoms with van der Waals surface area (Å²) in [5.41, 5.74) is 0. The maximum absolute atomic E-state index is 6.95. The van der Waals surface area contributed by atoms with Crippen molar-refractivity contribution in [1.29, 1.82) is 0 Å².